The molecule has 43 heavy (non-hydrogen) atoms. The number of hydrogen-bond acceptors (Lipinski definition) is 6. The first-order chi connectivity index (χ1) is 20.5. The van der Waals surface area contributed by atoms with Gasteiger partial charge in [0.15, 0.2) is 11.5 Å². The molecule has 9 nitrogen and oxygen atoms in total. The highest BCUT2D eigenvalue weighted by Crippen LogP contribution is 2.33. The molecule has 10 heteroatoms. The summed E-state index contributed by atoms with van der Waals surface area (Å²) in [7, 11) is -1.36. The number of ether oxygens (including phenoxy) is 2. The zero-order valence-electron chi connectivity index (χ0n) is 25.9. The minimum atomic E-state index is -4.26. The summed E-state index contributed by atoms with van der Waals surface area (Å²) in [6.07, 6.45) is 1.64. The third kappa shape index (κ3) is 8.50. The predicted molar refractivity (Wildman–Crippen MR) is 169 cm³/mol. The lowest BCUT2D eigenvalue weighted by Crippen LogP contribution is -2.53. The summed E-state index contributed by atoms with van der Waals surface area (Å²) >= 11 is 0. The Kier molecular flexibility index (Phi) is 12.0. The van der Waals surface area contributed by atoms with Crippen molar-refractivity contribution in [2.45, 2.75) is 57.9 Å². The molecule has 3 aromatic rings. The van der Waals surface area contributed by atoms with Crippen LogP contribution in [0.4, 0.5) is 5.69 Å². The average molecular weight is 610 g/mol. The van der Waals surface area contributed by atoms with Crippen molar-refractivity contribution in [1.29, 1.82) is 0 Å². The molecule has 0 heterocycles. The van der Waals surface area contributed by atoms with E-state index in [1.807, 2.05) is 64.1 Å². The molecule has 0 radical (unpaired) electrons. The summed E-state index contributed by atoms with van der Waals surface area (Å²) in [6.45, 7) is 7.79. The molecule has 0 bridgehead atoms. The Balaban J connectivity index is 2.08. The van der Waals surface area contributed by atoms with Crippen molar-refractivity contribution >= 4 is 27.5 Å². The molecule has 0 unspecified atom stereocenters. The Morgan fingerprint density at radius 3 is 2.12 bits per heavy atom. The lowest BCUT2D eigenvalue weighted by molar-refractivity contribution is -0.139. The van der Waals surface area contributed by atoms with Crippen LogP contribution in [0.3, 0.4) is 0 Å². The lowest BCUT2D eigenvalue weighted by Gasteiger charge is -2.33. The van der Waals surface area contributed by atoms with Crippen LogP contribution >= 0.6 is 0 Å². The summed E-state index contributed by atoms with van der Waals surface area (Å²) in [6, 6.07) is 18.7. The molecule has 0 saturated carbocycles. The first kappa shape index (κ1) is 33.5. The maximum Gasteiger partial charge on any atom is 0.264 e. The first-order valence-corrected chi connectivity index (χ1v) is 15.9. The van der Waals surface area contributed by atoms with E-state index in [0.717, 1.165) is 27.4 Å². The maximum atomic E-state index is 14.3. The Bertz CT molecular complexity index is 1470. The summed E-state index contributed by atoms with van der Waals surface area (Å²) in [5.74, 6) is -0.103. The number of carbonyl (C=O) groups excluding carboxylic acids is 2. The van der Waals surface area contributed by atoms with Gasteiger partial charge in [-0.05, 0) is 74.1 Å². The largest absolute Gasteiger partial charge is 0.493 e. The van der Waals surface area contributed by atoms with Gasteiger partial charge in [-0.2, -0.15) is 0 Å². The monoisotopic (exact) mass is 609 g/mol. The molecule has 0 spiro atoms. The van der Waals surface area contributed by atoms with Gasteiger partial charge in [0.1, 0.15) is 12.6 Å². The normalized spacial score (nSPS) is 11.9. The van der Waals surface area contributed by atoms with Crippen LogP contribution in [0.15, 0.2) is 71.6 Å². The molecule has 0 aliphatic carbocycles. The van der Waals surface area contributed by atoms with Gasteiger partial charge in [0.05, 0.1) is 24.8 Å². The third-order valence-electron chi connectivity index (χ3n) is 7.14. The highest BCUT2D eigenvalue weighted by atomic mass is 32.2. The minimum absolute atomic E-state index is 0.0549. The summed E-state index contributed by atoms with van der Waals surface area (Å²) in [4.78, 5) is 28.9. The second-order valence-corrected chi connectivity index (χ2v) is 12.3. The molecule has 0 aliphatic rings. The molecular weight excluding hydrogens is 566 g/mol. The number of amides is 2. The van der Waals surface area contributed by atoms with E-state index in [2.05, 4.69) is 5.32 Å². The molecule has 232 valence electrons. The first-order valence-electron chi connectivity index (χ1n) is 14.5. The standard InChI is InChI=1S/C33H43N3O6S/c1-7-17-34-33(38)29(8-2)35(18-16-26-12-10-9-11-13-26)32(37)23-36(27-20-24(3)19-25(4)21-27)43(39,40)28-14-15-30(41-5)31(22-28)42-6/h9-15,19-22,29H,7-8,16-18,23H2,1-6H3,(H,34,38)/t29-/m0/s1. The van der Waals surface area contributed by atoms with Gasteiger partial charge in [0, 0.05) is 19.2 Å². The topological polar surface area (TPSA) is 105 Å². The average Bonchev–Trinajstić information content (AvgIpc) is 2.99. The van der Waals surface area contributed by atoms with Gasteiger partial charge in [-0.1, -0.05) is 50.2 Å². The van der Waals surface area contributed by atoms with Gasteiger partial charge in [-0.15, -0.1) is 0 Å². The number of nitrogens with one attached hydrogen (secondary N) is 1. The predicted octanol–water partition coefficient (Wildman–Crippen LogP) is 4.89. The fourth-order valence-electron chi connectivity index (χ4n) is 4.99. The van der Waals surface area contributed by atoms with Crippen LogP contribution in [-0.2, 0) is 26.0 Å². The van der Waals surface area contributed by atoms with Crippen molar-refractivity contribution in [3.05, 3.63) is 83.4 Å². The fourth-order valence-corrected chi connectivity index (χ4v) is 6.40. The van der Waals surface area contributed by atoms with Crippen LogP contribution in [0.25, 0.3) is 0 Å². The second-order valence-electron chi connectivity index (χ2n) is 10.4. The van der Waals surface area contributed by atoms with Gasteiger partial charge < -0.3 is 19.7 Å². The SMILES string of the molecule is CCCNC(=O)[C@H](CC)N(CCc1ccccc1)C(=O)CN(c1cc(C)cc(C)c1)S(=O)(=O)c1ccc(OC)c(OC)c1. The Labute approximate surface area is 255 Å². The quantitative estimate of drug-likeness (QED) is 0.263. The number of hydrogen-bond donors (Lipinski definition) is 1. The molecule has 3 rings (SSSR count). The smallest absolute Gasteiger partial charge is 0.264 e. The molecule has 2 amide bonds. The maximum absolute atomic E-state index is 14.3. The molecular formula is C33H43N3O6S. The Morgan fingerprint density at radius 2 is 1.53 bits per heavy atom. The molecule has 3 aromatic carbocycles. The second kappa shape index (κ2) is 15.4. The highest BCUT2D eigenvalue weighted by Gasteiger charge is 2.34. The number of nitrogens with zero attached hydrogens (tertiary/aromatic N) is 2. The van der Waals surface area contributed by atoms with Crippen molar-refractivity contribution in [3.63, 3.8) is 0 Å². The van der Waals surface area contributed by atoms with E-state index in [9.17, 15) is 18.0 Å². The van der Waals surface area contributed by atoms with Gasteiger partial charge in [-0.25, -0.2) is 8.42 Å². The highest BCUT2D eigenvalue weighted by molar-refractivity contribution is 7.92. The van der Waals surface area contributed by atoms with E-state index in [1.54, 1.807) is 12.1 Å². The number of anilines is 1. The van der Waals surface area contributed by atoms with Crippen LogP contribution in [0, 0.1) is 13.8 Å². The number of sulfonamides is 1. The van der Waals surface area contributed by atoms with Crippen molar-refractivity contribution in [1.82, 2.24) is 10.2 Å². The molecule has 0 saturated heterocycles. The van der Waals surface area contributed by atoms with Crippen molar-refractivity contribution in [2.75, 3.05) is 38.2 Å². The number of rotatable bonds is 15. The van der Waals surface area contributed by atoms with Crippen LogP contribution in [0.1, 0.15) is 43.4 Å². The van der Waals surface area contributed by atoms with Crippen LogP contribution in [0.2, 0.25) is 0 Å². The van der Waals surface area contributed by atoms with E-state index in [-0.39, 0.29) is 23.1 Å². The van der Waals surface area contributed by atoms with Gasteiger partial charge >= 0.3 is 0 Å². The molecule has 1 atom stereocenters. The minimum Gasteiger partial charge on any atom is -0.493 e. The molecule has 0 fully saturated rings. The van der Waals surface area contributed by atoms with Crippen LogP contribution < -0.4 is 19.1 Å². The van der Waals surface area contributed by atoms with Gasteiger partial charge in [-0.3, -0.25) is 13.9 Å². The number of aryl methyl sites for hydroxylation is 2. The lowest BCUT2D eigenvalue weighted by atomic mass is 10.1. The van der Waals surface area contributed by atoms with E-state index in [4.69, 9.17) is 9.47 Å². The van der Waals surface area contributed by atoms with Gasteiger partial charge in [0.25, 0.3) is 10.0 Å². The van der Waals surface area contributed by atoms with Gasteiger partial charge in [0.2, 0.25) is 11.8 Å². The third-order valence-corrected chi connectivity index (χ3v) is 8.91. The summed E-state index contributed by atoms with van der Waals surface area (Å²) in [5, 5.41) is 2.91. The molecule has 0 aliphatic heterocycles. The van der Waals surface area contributed by atoms with E-state index in [0.29, 0.717) is 30.8 Å². The van der Waals surface area contributed by atoms with Crippen molar-refractivity contribution < 1.29 is 27.5 Å². The summed E-state index contributed by atoms with van der Waals surface area (Å²) in [5.41, 5.74) is 3.06. The zero-order valence-corrected chi connectivity index (χ0v) is 26.7. The van der Waals surface area contributed by atoms with Crippen LogP contribution in [-0.4, -0.2) is 65.0 Å². The number of methoxy groups -OCH3 is 2. The van der Waals surface area contributed by atoms with Crippen molar-refractivity contribution in [3.8, 4) is 11.5 Å². The van der Waals surface area contributed by atoms with E-state index in [1.165, 1.54) is 37.3 Å². The summed E-state index contributed by atoms with van der Waals surface area (Å²) < 4.78 is 40.3. The zero-order chi connectivity index (χ0) is 31.6. The molecule has 1 N–H and O–H groups in total. The van der Waals surface area contributed by atoms with E-state index < -0.39 is 28.5 Å². The molecule has 0 aromatic heterocycles. The van der Waals surface area contributed by atoms with Crippen LogP contribution in [0.5, 0.6) is 11.5 Å². The fraction of sp³-hybridized carbons (Fsp3) is 0.394. The Hall–Kier alpha value is -4.05. The number of carbonyl (C=O) groups is 2. The van der Waals surface area contributed by atoms with E-state index >= 15 is 0 Å². The number of benzene rings is 3. The Morgan fingerprint density at radius 1 is 0.884 bits per heavy atom. The van der Waals surface area contributed by atoms with Crippen molar-refractivity contribution in [2.24, 2.45) is 0 Å².